The number of rotatable bonds is 4. The van der Waals surface area contributed by atoms with E-state index in [2.05, 4.69) is 33.4 Å². The van der Waals surface area contributed by atoms with Crippen LogP contribution in [0.3, 0.4) is 0 Å². The number of amides is 1. The molecule has 0 spiro atoms. The van der Waals surface area contributed by atoms with E-state index in [-0.39, 0.29) is 11.9 Å². The first-order valence-corrected chi connectivity index (χ1v) is 10.4. The van der Waals surface area contributed by atoms with Crippen LogP contribution in [0.25, 0.3) is 0 Å². The minimum absolute atomic E-state index is 0.0356. The van der Waals surface area contributed by atoms with Crippen LogP contribution in [-0.2, 0) is 0 Å². The number of carbonyl (C=O) groups excluding carboxylic acids is 1. The Morgan fingerprint density at radius 1 is 1.13 bits per heavy atom. The van der Waals surface area contributed by atoms with Gasteiger partial charge in [0.05, 0.1) is 10.6 Å². The molecule has 1 amide bonds. The van der Waals surface area contributed by atoms with Gasteiger partial charge in [-0.1, -0.05) is 46.3 Å². The van der Waals surface area contributed by atoms with Crippen LogP contribution in [0.5, 0.6) is 0 Å². The first kappa shape index (κ1) is 16.9. The van der Waals surface area contributed by atoms with Crippen LogP contribution in [0.2, 0.25) is 0 Å². The quantitative estimate of drug-likeness (QED) is 0.733. The third kappa shape index (κ3) is 4.14. The van der Waals surface area contributed by atoms with Gasteiger partial charge in [0.15, 0.2) is 0 Å². The molecule has 1 fully saturated rings. The number of thioether (sulfide) groups is 2. The van der Waals surface area contributed by atoms with E-state index in [0.29, 0.717) is 10.1 Å². The molecule has 0 unspecified atom stereocenters. The van der Waals surface area contributed by atoms with E-state index in [9.17, 15) is 4.79 Å². The van der Waals surface area contributed by atoms with Crippen LogP contribution in [-0.4, -0.2) is 17.4 Å². The van der Waals surface area contributed by atoms with Gasteiger partial charge in [-0.2, -0.15) is 0 Å². The first-order chi connectivity index (χ1) is 11.1. The summed E-state index contributed by atoms with van der Waals surface area (Å²) in [5.74, 6) is 2.38. The number of nitrogens with one attached hydrogen (secondary N) is 1. The summed E-state index contributed by atoms with van der Waals surface area (Å²) in [6.07, 6.45) is 0. The van der Waals surface area contributed by atoms with Gasteiger partial charge < -0.3 is 5.32 Å². The third-order valence-corrected chi connectivity index (χ3v) is 7.61. The molecule has 0 aliphatic carbocycles. The second-order valence-corrected chi connectivity index (χ2v) is 8.99. The normalized spacial score (nSPS) is 16.3. The zero-order valence-electron chi connectivity index (χ0n) is 12.8. The Morgan fingerprint density at radius 3 is 2.43 bits per heavy atom. The summed E-state index contributed by atoms with van der Waals surface area (Å²) in [7, 11) is 0. The lowest BCUT2D eigenvalue weighted by Gasteiger charge is -2.16. The summed E-state index contributed by atoms with van der Waals surface area (Å²) in [5.41, 5.74) is 3.09. The first-order valence-electron chi connectivity index (χ1n) is 7.53. The van der Waals surface area contributed by atoms with E-state index >= 15 is 0 Å². The largest absolute Gasteiger partial charge is 0.345 e. The van der Waals surface area contributed by atoms with E-state index in [0.717, 1.165) is 10.0 Å². The highest BCUT2D eigenvalue weighted by atomic mass is 79.9. The highest BCUT2D eigenvalue weighted by Gasteiger charge is 2.19. The van der Waals surface area contributed by atoms with Crippen molar-refractivity contribution < 1.29 is 4.79 Å². The molecular formula is C18H18BrNOS2. The van der Waals surface area contributed by atoms with Gasteiger partial charge in [-0.3, -0.25) is 4.79 Å². The molecule has 1 N–H and O–H groups in total. The standard InChI is InChI=1S/C18H18BrNOS2/c1-12(15-4-2-3-5-16(15)19)20-17(21)13-6-8-14(9-7-13)18-22-10-11-23-18/h2-9,12,18H,10-11H2,1H3,(H,20,21)/t12-/m0/s1. The maximum absolute atomic E-state index is 12.4. The number of halogens is 1. The maximum Gasteiger partial charge on any atom is 0.251 e. The van der Waals surface area contributed by atoms with Crippen molar-refractivity contribution in [2.24, 2.45) is 0 Å². The van der Waals surface area contributed by atoms with E-state index in [1.807, 2.05) is 66.8 Å². The Labute approximate surface area is 153 Å². The molecule has 0 aromatic heterocycles. The average Bonchev–Trinajstić information content (AvgIpc) is 3.09. The lowest BCUT2D eigenvalue weighted by atomic mass is 10.1. The van der Waals surface area contributed by atoms with Crippen LogP contribution < -0.4 is 5.32 Å². The second-order valence-electron chi connectivity index (χ2n) is 5.41. The Morgan fingerprint density at radius 2 is 1.78 bits per heavy atom. The van der Waals surface area contributed by atoms with Gasteiger partial charge in [-0.15, -0.1) is 23.5 Å². The van der Waals surface area contributed by atoms with Gasteiger partial charge in [0, 0.05) is 21.5 Å². The fourth-order valence-corrected chi connectivity index (χ4v) is 6.01. The Hall–Kier alpha value is -0.910. The molecule has 1 atom stereocenters. The van der Waals surface area contributed by atoms with Crippen molar-refractivity contribution in [3.63, 3.8) is 0 Å². The molecule has 2 aromatic carbocycles. The van der Waals surface area contributed by atoms with Crippen LogP contribution >= 0.6 is 39.5 Å². The van der Waals surface area contributed by atoms with Crippen LogP contribution in [0.4, 0.5) is 0 Å². The fraction of sp³-hybridized carbons (Fsp3) is 0.278. The van der Waals surface area contributed by atoms with Crippen LogP contribution in [0.1, 0.15) is 39.0 Å². The second kappa shape index (κ2) is 7.77. The van der Waals surface area contributed by atoms with Crippen molar-refractivity contribution in [1.82, 2.24) is 5.32 Å². The van der Waals surface area contributed by atoms with Crippen LogP contribution in [0, 0.1) is 0 Å². The molecule has 0 bridgehead atoms. The predicted molar refractivity (Wildman–Crippen MR) is 104 cm³/mol. The predicted octanol–water partition coefficient (Wildman–Crippen LogP) is 5.42. The van der Waals surface area contributed by atoms with Gasteiger partial charge in [-0.05, 0) is 36.2 Å². The molecule has 0 radical (unpaired) electrons. The van der Waals surface area contributed by atoms with Gasteiger partial charge in [0.25, 0.3) is 5.91 Å². The molecule has 23 heavy (non-hydrogen) atoms. The number of benzene rings is 2. The number of carbonyl (C=O) groups is 1. The lowest BCUT2D eigenvalue weighted by Crippen LogP contribution is -2.26. The fourth-order valence-electron chi connectivity index (χ4n) is 2.53. The van der Waals surface area contributed by atoms with Crippen molar-refractivity contribution in [3.05, 3.63) is 69.7 Å². The molecule has 2 nitrogen and oxygen atoms in total. The lowest BCUT2D eigenvalue weighted by molar-refractivity contribution is 0.0940. The average molecular weight is 408 g/mol. The van der Waals surface area contributed by atoms with Gasteiger partial charge in [0.1, 0.15) is 0 Å². The van der Waals surface area contributed by atoms with Gasteiger partial charge in [-0.25, -0.2) is 0 Å². The Bertz CT molecular complexity index is 684. The topological polar surface area (TPSA) is 29.1 Å². The van der Waals surface area contributed by atoms with Crippen molar-refractivity contribution in [2.75, 3.05) is 11.5 Å². The summed E-state index contributed by atoms with van der Waals surface area (Å²) in [6.45, 7) is 2.00. The van der Waals surface area contributed by atoms with Crippen molar-refractivity contribution in [3.8, 4) is 0 Å². The summed E-state index contributed by atoms with van der Waals surface area (Å²) >= 11 is 7.49. The van der Waals surface area contributed by atoms with Gasteiger partial charge in [0.2, 0.25) is 0 Å². The molecule has 3 rings (SSSR count). The molecule has 1 heterocycles. The molecule has 1 aliphatic heterocycles. The van der Waals surface area contributed by atoms with E-state index in [1.54, 1.807) is 0 Å². The molecule has 5 heteroatoms. The van der Waals surface area contributed by atoms with Crippen molar-refractivity contribution >= 4 is 45.4 Å². The van der Waals surface area contributed by atoms with Gasteiger partial charge >= 0.3 is 0 Å². The minimum Gasteiger partial charge on any atom is -0.345 e. The highest BCUT2D eigenvalue weighted by Crippen LogP contribution is 2.45. The molecule has 120 valence electrons. The SMILES string of the molecule is C[C@H](NC(=O)c1ccc(C2SCCS2)cc1)c1ccccc1Br. The summed E-state index contributed by atoms with van der Waals surface area (Å²) < 4.78 is 1.53. The monoisotopic (exact) mass is 407 g/mol. The molecular weight excluding hydrogens is 390 g/mol. The van der Waals surface area contributed by atoms with Crippen molar-refractivity contribution in [2.45, 2.75) is 17.5 Å². The van der Waals surface area contributed by atoms with Crippen LogP contribution in [0.15, 0.2) is 53.0 Å². The smallest absolute Gasteiger partial charge is 0.251 e. The maximum atomic E-state index is 12.4. The highest BCUT2D eigenvalue weighted by molar-refractivity contribution is 9.10. The Balaban J connectivity index is 1.67. The zero-order chi connectivity index (χ0) is 16.2. The van der Waals surface area contributed by atoms with E-state index in [4.69, 9.17) is 0 Å². The number of hydrogen-bond acceptors (Lipinski definition) is 3. The molecule has 1 aliphatic rings. The minimum atomic E-state index is -0.0429. The van der Waals surface area contributed by atoms with E-state index in [1.165, 1.54) is 17.1 Å². The molecule has 1 saturated heterocycles. The molecule has 0 saturated carbocycles. The van der Waals surface area contributed by atoms with E-state index < -0.39 is 0 Å². The third-order valence-electron chi connectivity index (χ3n) is 3.79. The zero-order valence-corrected chi connectivity index (χ0v) is 16.0. The summed E-state index contributed by atoms with van der Waals surface area (Å²) in [6, 6.07) is 15.9. The summed E-state index contributed by atoms with van der Waals surface area (Å²) in [5, 5.41) is 3.06. The Kier molecular flexibility index (Phi) is 5.72. The number of hydrogen-bond donors (Lipinski definition) is 1. The van der Waals surface area contributed by atoms with Crippen molar-refractivity contribution in [1.29, 1.82) is 0 Å². The summed E-state index contributed by atoms with van der Waals surface area (Å²) in [4.78, 5) is 12.4. The molecule has 2 aromatic rings.